The van der Waals surface area contributed by atoms with Gasteiger partial charge in [0.15, 0.2) is 0 Å². The number of allylic oxidation sites excluding steroid dienone is 5. The Morgan fingerprint density at radius 3 is 3.00 bits per heavy atom. The maximum Gasteiger partial charge on any atom is 0.00642 e. The van der Waals surface area contributed by atoms with Gasteiger partial charge in [-0.25, -0.2) is 0 Å². The minimum atomic E-state index is 1.08. The molecule has 1 heteroatoms. The lowest BCUT2D eigenvalue weighted by molar-refractivity contribution is 1.14. The van der Waals surface area contributed by atoms with Crippen molar-refractivity contribution >= 4 is 11.8 Å². The lowest BCUT2D eigenvalue weighted by atomic mass is 10.2. The highest BCUT2D eigenvalue weighted by molar-refractivity contribution is 8.02. The molecule has 0 aromatic heterocycles. The quantitative estimate of drug-likeness (QED) is 0.604. The summed E-state index contributed by atoms with van der Waals surface area (Å²) in [5, 5.41) is 0. The van der Waals surface area contributed by atoms with Gasteiger partial charge in [0.2, 0.25) is 0 Å². The summed E-state index contributed by atoms with van der Waals surface area (Å²) in [4.78, 5) is 1.44. The van der Waals surface area contributed by atoms with Gasteiger partial charge in [0, 0.05) is 4.91 Å². The van der Waals surface area contributed by atoms with Crippen LogP contribution in [0.15, 0.2) is 34.8 Å². The van der Waals surface area contributed by atoms with E-state index in [1.165, 1.54) is 10.5 Å². The molecule has 11 heavy (non-hydrogen) atoms. The topological polar surface area (TPSA) is 0 Å². The molecule has 0 nitrogen and oxygen atoms in total. The molecule has 1 aliphatic rings. The highest BCUT2D eigenvalue weighted by Crippen LogP contribution is 2.26. The van der Waals surface area contributed by atoms with Gasteiger partial charge >= 0.3 is 0 Å². The molecule has 1 rings (SSSR count). The van der Waals surface area contributed by atoms with E-state index in [0.29, 0.717) is 0 Å². The average Bonchev–Trinajstić information content (AvgIpc) is 2.27. The van der Waals surface area contributed by atoms with Crippen LogP contribution in [0.5, 0.6) is 0 Å². The van der Waals surface area contributed by atoms with Crippen LogP contribution in [0.1, 0.15) is 19.8 Å². The van der Waals surface area contributed by atoms with Gasteiger partial charge in [-0.2, -0.15) is 0 Å². The maximum absolute atomic E-state index is 2.30. The lowest BCUT2D eigenvalue weighted by Crippen LogP contribution is -1.81. The molecule has 0 unspecified atom stereocenters. The number of hydrogen-bond donors (Lipinski definition) is 0. The molecule has 0 fully saturated rings. The van der Waals surface area contributed by atoms with Crippen molar-refractivity contribution < 1.29 is 0 Å². The van der Waals surface area contributed by atoms with E-state index in [-0.39, 0.29) is 0 Å². The fraction of sp³-hybridized carbons (Fsp3) is 0.400. The predicted octanol–water partition coefficient (Wildman–Crippen LogP) is 3.53. The minimum Gasteiger partial charge on any atom is -0.130 e. The first-order valence-electron chi connectivity index (χ1n) is 3.98. The minimum absolute atomic E-state index is 1.08. The molecule has 0 spiro atoms. The van der Waals surface area contributed by atoms with Crippen LogP contribution in [-0.4, -0.2) is 6.26 Å². The van der Waals surface area contributed by atoms with Gasteiger partial charge in [-0.05, 0) is 24.7 Å². The maximum atomic E-state index is 2.30. The van der Waals surface area contributed by atoms with Crippen molar-refractivity contribution in [3.05, 3.63) is 34.8 Å². The zero-order valence-electron chi connectivity index (χ0n) is 7.13. The Balaban J connectivity index is 2.82. The fourth-order valence-electron chi connectivity index (χ4n) is 1.16. The van der Waals surface area contributed by atoms with E-state index in [1.54, 1.807) is 0 Å². The van der Waals surface area contributed by atoms with Gasteiger partial charge in [-0.15, -0.1) is 11.8 Å². The summed E-state index contributed by atoms with van der Waals surface area (Å²) in [5.41, 5.74) is 1.46. The Morgan fingerprint density at radius 2 is 2.36 bits per heavy atom. The van der Waals surface area contributed by atoms with Gasteiger partial charge < -0.3 is 0 Å². The normalized spacial score (nSPS) is 17.3. The number of hydrogen-bond acceptors (Lipinski definition) is 1. The molecule has 0 aliphatic heterocycles. The average molecular weight is 166 g/mol. The molecule has 0 bridgehead atoms. The fourth-order valence-corrected chi connectivity index (χ4v) is 1.90. The number of thioether (sulfide) groups is 1. The highest BCUT2D eigenvalue weighted by atomic mass is 32.2. The molecule has 0 heterocycles. The monoisotopic (exact) mass is 166 g/mol. The van der Waals surface area contributed by atoms with Crippen LogP contribution in [0.4, 0.5) is 0 Å². The van der Waals surface area contributed by atoms with E-state index in [1.807, 2.05) is 11.8 Å². The molecule has 0 atom stereocenters. The van der Waals surface area contributed by atoms with Crippen LogP contribution >= 0.6 is 11.8 Å². The summed E-state index contributed by atoms with van der Waals surface area (Å²) in [6.45, 7) is 2.20. The Morgan fingerprint density at radius 1 is 1.55 bits per heavy atom. The lowest BCUT2D eigenvalue weighted by Gasteiger charge is -2.04. The van der Waals surface area contributed by atoms with Crippen molar-refractivity contribution in [3.8, 4) is 0 Å². The van der Waals surface area contributed by atoms with E-state index in [0.717, 1.165) is 12.8 Å². The first kappa shape index (κ1) is 8.66. The Bertz CT molecular complexity index is 209. The Hall–Kier alpha value is -0.430. The summed E-state index contributed by atoms with van der Waals surface area (Å²) in [5.74, 6) is 0. The molecule has 0 amide bonds. The van der Waals surface area contributed by atoms with Crippen LogP contribution in [0.25, 0.3) is 0 Å². The van der Waals surface area contributed by atoms with Crippen molar-refractivity contribution in [2.24, 2.45) is 0 Å². The van der Waals surface area contributed by atoms with Gasteiger partial charge in [0.1, 0.15) is 0 Å². The van der Waals surface area contributed by atoms with Crippen LogP contribution in [0, 0.1) is 0 Å². The standard InChI is InChI=1S/C10H14S/c1-3-9-7-5-4-6-8-10(9)11-2/h4-5,7-8H,3,6H2,1-2H3. The van der Waals surface area contributed by atoms with Crippen LogP contribution in [0.3, 0.4) is 0 Å². The molecule has 0 N–H and O–H groups in total. The highest BCUT2D eigenvalue weighted by Gasteiger charge is 2.00. The summed E-state index contributed by atoms with van der Waals surface area (Å²) >= 11 is 1.84. The predicted molar refractivity (Wildman–Crippen MR) is 53.7 cm³/mol. The molecule has 0 saturated heterocycles. The second kappa shape index (κ2) is 4.45. The van der Waals surface area contributed by atoms with Crippen LogP contribution in [-0.2, 0) is 0 Å². The third kappa shape index (κ3) is 2.26. The van der Waals surface area contributed by atoms with E-state index >= 15 is 0 Å². The molecular weight excluding hydrogens is 152 g/mol. The van der Waals surface area contributed by atoms with Crippen molar-refractivity contribution in [1.82, 2.24) is 0 Å². The second-order valence-corrected chi connectivity index (χ2v) is 3.33. The van der Waals surface area contributed by atoms with Gasteiger partial charge in [-0.1, -0.05) is 31.2 Å². The third-order valence-corrected chi connectivity index (χ3v) is 2.66. The molecule has 0 aromatic carbocycles. The molecule has 1 aliphatic carbocycles. The molecule has 60 valence electrons. The van der Waals surface area contributed by atoms with Crippen molar-refractivity contribution in [2.45, 2.75) is 19.8 Å². The summed E-state index contributed by atoms with van der Waals surface area (Å²) in [7, 11) is 0. The van der Waals surface area contributed by atoms with Crippen molar-refractivity contribution in [1.29, 1.82) is 0 Å². The summed E-state index contributed by atoms with van der Waals surface area (Å²) < 4.78 is 0. The Labute approximate surface area is 73.1 Å². The van der Waals surface area contributed by atoms with Crippen LogP contribution in [0.2, 0.25) is 0 Å². The van der Waals surface area contributed by atoms with Crippen LogP contribution < -0.4 is 0 Å². The smallest absolute Gasteiger partial charge is 0.00642 e. The molecular formula is C10H14S. The van der Waals surface area contributed by atoms with Gasteiger partial charge in [-0.3, -0.25) is 0 Å². The van der Waals surface area contributed by atoms with E-state index in [9.17, 15) is 0 Å². The zero-order chi connectivity index (χ0) is 8.10. The van der Waals surface area contributed by atoms with Crippen molar-refractivity contribution in [3.63, 3.8) is 0 Å². The van der Waals surface area contributed by atoms with E-state index in [2.05, 4.69) is 37.5 Å². The molecule has 0 aromatic rings. The first-order chi connectivity index (χ1) is 5.38. The molecule has 0 radical (unpaired) electrons. The zero-order valence-corrected chi connectivity index (χ0v) is 7.95. The van der Waals surface area contributed by atoms with Crippen molar-refractivity contribution in [2.75, 3.05) is 6.26 Å². The SMILES string of the molecule is CCC1=CC=CCC=C1SC. The third-order valence-electron chi connectivity index (χ3n) is 1.79. The summed E-state index contributed by atoms with van der Waals surface area (Å²) in [6, 6.07) is 0. The first-order valence-corrected chi connectivity index (χ1v) is 5.21. The van der Waals surface area contributed by atoms with E-state index < -0.39 is 0 Å². The largest absolute Gasteiger partial charge is 0.130 e. The molecule has 0 saturated carbocycles. The Kier molecular flexibility index (Phi) is 3.50. The number of rotatable bonds is 2. The van der Waals surface area contributed by atoms with E-state index in [4.69, 9.17) is 0 Å². The second-order valence-electron chi connectivity index (χ2n) is 2.48. The summed E-state index contributed by atoms with van der Waals surface area (Å²) in [6.07, 6.45) is 13.2. The van der Waals surface area contributed by atoms with Gasteiger partial charge in [0.25, 0.3) is 0 Å². The van der Waals surface area contributed by atoms with Gasteiger partial charge in [0.05, 0.1) is 0 Å².